The Bertz CT molecular complexity index is 347. The lowest BCUT2D eigenvalue weighted by Crippen LogP contribution is -2.34. The summed E-state index contributed by atoms with van der Waals surface area (Å²) in [7, 11) is 0. The molecule has 0 aliphatic rings. The first-order valence-electron chi connectivity index (χ1n) is 8.14. The Morgan fingerprint density at radius 1 is 1.05 bits per heavy atom. The number of unbranched alkanes of at least 4 members (excludes halogenated alkanes) is 1. The molecule has 0 saturated carbocycles. The third-order valence-corrected chi connectivity index (χ3v) is 3.56. The maximum Gasteiger partial charge on any atom is 0.119 e. The molecule has 1 aromatic rings. The SMILES string of the molecule is CCCCc1ccc(OC(C)CNC(C)CCC)cc1. The van der Waals surface area contributed by atoms with Gasteiger partial charge in [-0.15, -0.1) is 0 Å². The van der Waals surface area contributed by atoms with Crippen LogP contribution in [0.15, 0.2) is 24.3 Å². The maximum atomic E-state index is 5.94. The van der Waals surface area contributed by atoms with Gasteiger partial charge >= 0.3 is 0 Å². The van der Waals surface area contributed by atoms with Crippen molar-refractivity contribution in [3.8, 4) is 5.75 Å². The number of hydrogen-bond acceptors (Lipinski definition) is 2. The Balaban J connectivity index is 2.32. The average Bonchev–Trinajstić information content (AvgIpc) is 2.45. The van der Waals surface area contributed by atoms with Gasteiger partial charge in [0.2, 0.25) is 0 Å². The standard InChI is InChI=1S/C18H31NO/c1-5-7-9-17-10-12-18(13-11-17)20-16(4)14-19-15(3)8-6-2/h10-13,15-16,19H,5-9,14H2,1-4H3. The predicted octanol–water partition coefficient (Wildman–Crippen LogP) is 4.57. The molecule has 0 fully saturated rings. The Hall–Kier alpha value is -1.02. The highest BCUT2D eigenvalue weighted by Gasteiger charge is 2.06. The first-order chi connectivity index (χ1) is 9.65. The van der Waals surface area contributed by atoms with Crippen LogP contribution in [0.3, 0.4) is 0 Å². The van der Waals surface area contributed by atoms with Crippen LogP contribution in [0.1, 0.15) is 58.9 Å². The van der Waals surface area contributed by atoms with Gasteiger partial charge in [0.1, 0.15) is 11.9 Å². The molecule has 1 aromatic carbocycles. The lowest BCUT2D eigenvalue weighted by molar-refractivity contribution is 0.211. The molecule has 2 heteroatoms. The van der Waals surface area contributed by atoms with Gasteiger partial charge in [0.25, 0.3) is 0 Å². The third-order valence-electron chi connectivity index (χ3n) is 3.56. The molecule has 2 atom stereocenters. The van der Waals surface area contributed by atoms with Gasteiger partial charge in [0, 0.05) is 12.6 Å². The van der Waals surface area contributed by atoms with E-state index in [9.17, 15) is 0 Å². The van der Waals surface area contributed by atoms with Gasteiger partial charge in [-0.1, -0.05) is 38.8 Å². The number of aryl methyl sites for hydroxylation is 1. The summed E-state index contributed by atoms with van der Waals surface area (Å²) in [5.74, 6) is 0.975. The molecule has 0 amide bonds. The van der Waals surface area contributed by atoms with Crippen molar-refractivity contribution in [3.63, 3.8) is 0 Å². The maximum absolute atomic E-state index is 5.94. The van der Waals surface area contributed by atoms with E-state index in [1.807, 2.05) is 0 Å². The van der Waals surface area contributed by atoms with Gasteiger partial charge in [-0.3, -0.25) is 0 Å². The Kier molecular flexibility index (Phi) is 8.36. The molecule has 0 aromatic heterocycles. The Labute approximate surface area is 124 Å². The highest BCUT2D eigenvalue weighted by molar-refractivity contribution is 5.27. The summed E-state index contributed by atoms with van der Waals surface area (Å²) >= 11 is 0. The smallest absolute Gasteiger partial charge is 0.119 e. The fourth-order valence-corrected chi connectivity index (χ4v) is 2.29. The highest BCUT2D eigenvalue weighted by Crippen LogP contribution is 2.15. The van der Waals surface area contributed by atoms with Crippen molar-refractivity contribution in [1.82, 2.24) is 5.32 Å². The van der Waals surface area contributed by atoms with Crippen molar-refractivity contribution in [1.29, 1.82) is 0 Å². The van der Waals surface area contributed by atoms with Crippen LogP contribution in [0.25, 0.3) is 0 Å². The zero-order valence-corrected chi connectivity index (χ0v) is 13.6. The lowest BCUT2D eigenvalue weighted by Gasteiger charge is -2.19. The molecule has 0 bridgehead atoms. The fourth-order valence-electron chi connectivity index (χ4n) is 2.29. The zero-order chi connectivity index (χ0) is 14.8. The Morgan fingerprint density at radius 3 is 2.35 bits per heavy atom. The quantitative estimate of drug-likeness (QED) is 0.676. The van der Waals surface area contributed by atoms with Crippen molar-refractivity contribution in [3.05, 3.63) is 29.8 Å². The van der Waals surface area contributed by atoms with Crippen LogP contribution >= 0.6 is 0 Å². The van der Waals surface area contributed by atoms with E-state index in [0.29, 0.717) is 6.04 Å². The van der Waals surface area contributed by atoms with Crippen LogP contribution in [0.2, 0.25) is 0 Å². The monoisotopic (exact) mass is 277 g/mol. The largest absolute Gasteiger partial charge is 0.489 e. The number of rotatable bonds is 10. The van der Waals surface area contributed by atoms with Gasteiger partial charge < -0.3 is 10.1 Å². The van der Waals surface area contributed by atoms with Crippen LogP contribution in [0.4, 0.5) is 0 Å². The van der Waals surface area contributed by atoms with Gasteiger partial charge in [0.15, 0.2) is 0 Å². The summed E-state index contributed by atoms with van der Waals surface area (Å²) < 4.78 is 5.94. The van der Waals surface area contributed by atoms with Crippen molar-refractivity contribution in [2.45, 2.75) is 71.9 Å². The summed E-state index contributed by atoms with van der Waals surface area (Å²) in [5.41, 5.74) is 1.40. The lowest BCUT2D eigenvalue weighted by atomic mass is 10.1. The zero-order valence-electron chi connectivity index (χ0n) is 13.6. The molecule has 2 nitrogen and oxygen atoms in total. The van der Waals surface area contributed by atoms with E-state index >= 15 is 0 Å². The first kappa shape index (κ1) is 17.0. The minimum atomic E-state index is 0.204. The normalized spacial score (nSPS) is 14.0. The van der Waals surface area contributed by atoms with Gasteiger partial charge in [-0.25, -0.2) is 0 Å². The van der Waals surface area contributed by atoms with E-state index in [1.54, 1.807) is 0 Å². The van der Waals surface area contributed by atoms with Crippen LogP contribution in [-0.2, 0) is 6.42 Å². The number of benzene rings is 1. The van der Waals surface area contributed by atoms with Gasteiger partial charge in [-0.05, 0) is 50.8 Å². The molecule has 0 radical (unpaired) electrons. The average molecular weight is 277 g/mol. The molecular weight excluding hydrogens is 246 g/mol. The first-order valence-corrected chi connectivity index (χ1v) is 8.14. The van der Waals surface area contributed by atoms with E-state index < -0.39 is 0 Å². The number of hydrogen-bond donors (Lipinski definition) is 1. The number of ether oxygens (including phenoxy) is 1. The van der Waals surface area contributed by atoms with Gasteiger partial charge in [-0.2, -0.15) is 0 Å². The minimum Gasteiger partial charge on any atom is -0.489 e. The van der Waals surface area contributed by atoms with Crippen LogP contribution in [0, 0.1) is 0 Å². The molecule has 114 valence electrons. The molecule has 0 spiro atoms. The molecule has 20 heavy (non-hydrogen) atoms. The second-order valence-corrected chi connectivity index (χ2v) is 5.77. The predicted molar refractivity (Wildman–Crippen MR) is 87.5 cm³/mol. The fraction of sp³-hybridized carbons (Fsp3) is 0.667. The topological polar surface area (TPSA) is 21.3 Å². The van der Waals surface area contributed by atoms with Crippen LogP contribution in [0.5, 0.6) is 5.75 Å². The van der Waals surface area contributed by atoms with Crippen molar-refractivity contribution in [2.75, 3.05) is 6.54 Å². The summed E-state index contributed by atoms with van der Waals surface area (Å²) in [6.45, 7) is 9.71. The molecular formula is C18H31NO. The molecule has 0 aliphatic carbocycles. The van der Waals surface area contributed by atoms with Crippen LogP contribution in [-0.4, -0.2) is 18.7 Å². The number of nitrogens with one attached hydrogen (secondary N) is 1. The van der Waals surface area contributed by atoms with Gasteiger partial charge in [0.05, 0.1) is 0 Å². The van der Waals surface area contributed by atoms with E-state index in [2.05, 4.69) is 57.3 Å². The van der Waals surface area contributed by atoms with E-state index in [0.717, 1.165) is 12.3 Å². The second-order valence-electron chi connectivity index (χ2n) is 5.77. The van der Waals surface area contributed by atoms with E-state index in [1.165, 1.54) is 37.7 Å². The second kappa shape index (κ2) is 9.82. The molecule has 0 saturated heterocycles. The third kappa shape index (κ3) is 6.95. The molecule has 1 N–H and O–H groups in total. The Morgan fingerprint density at radius 2 is 1.75 bits per heavy atom. The molecule has 0 heterocycles. The van der Waals surface area contributed by atoms with E-state index in [4.69, 9.17) is 4.74 Å². The van der Waals surface area contributed by atoms with E-state index in [-0.39, 0.29) is 6.10 Å². The summed E-state index contributed by atoms with van der Waals surface area (Å²) in [6.07, 6.45) is 6.33. The summed E-state index contributed by atoms with van der Waals surface area (Å²) in [5, 5.41) is 3.52. The van der Waals surface area contributed by atoms with Crippen molar-refractivity contribution < 1.29 is 4.74 Å². The molecule has 2 unspecified atom stereocenters. The van der Waals surface area contributed by atoms with Crippen molar-refractivity contribution >= 4 is 0 Å². The molecule has 1 rings (SSSR count). The molecule has 0 aliphatic heterocycles. The summed E-state index contributed by atoms with van der Waals surface area (Å²) in [4.78, 5) is 0. The minimum absolute atomic E-state index is 0.204. The summed E-state index contributed by atoms with van der Waals surface area (Å²) in [6, 6.07) is 9.13. The van der Waals surface area contributed by atoms with Crippen molar-refractivity contribution in [2.24, 2.45) is 0 Å². The van der Waals surface area contributed by atoms with Crippen LogP contribution < -0.4 is 10.1 Å². The highest BCUT2D eigenvalue weighted by atomic mass is 16.5.